The van der Waals surface area contributed by atoms with Crippen LogP contribution in [0.1, 0.15) is 37.7 Å². The highest BCUT2D eigenvalue weighted by molar-refractivity contribution is 5.49. The van der Waals surface area contributed by atoms with Crippen LogP contribution in [0.3, 0.4) is 0 Å². The van der Waals surface area contributed by atoms with Gasteiger partial charge in [-0.1, -0.05) is 0 Å². The van der Waals surface area contributed by atoms with Crippen molar-refractivity contribution in [1.29, 1.82) is 0 Å². The number of rotatable bonds is 1. The number of halogens is 1. The topological polar surface area (TPSA) is 29.0 Å². The Kier molecular flexibility index (Phi) is 2.30. The third-order valence-corrected chi connectivity index (χ3v) is 3.94. The second-order valence-electron chi connectivity index (χ2n) is 4.84. The van der Waals surface area contributed by atoms with Gasteiger partial charge in [0.1, 0.15) is 12.1 Å². The quantitative estimate of drug-likeness (QED) is 0.682. The molecule has 0 N–H and O–H groups in total. The molecule has 3 nitrogen and oxygen atoms in total. The van der Waals surface area contributed by atoms with E-state index in [2.05, 4.69) is 14.9 Å². The van der Waals surface area contributed by atoms with Gasteiger partial charge in [-0.25, -0.2) is 9.97 Å². The molecule has 0 amide bonds. The average Bonchev–Trinajstić information content (AvgIpc) is 2.54. The minimum absolute atomic E-state index is 0.380. The molecule has 0 radical (unpaired) electrons. The first-order valence-corrected chi connectivity index (χ1v) is 6.03. The van der Waals surface area contributed by atoms with Gasteiger partial charge in [-0.15, -0.1) is 0 Å². The number of hydrogen-bond acceptors (Lipinski definition) is 3. The van der Waals surface area contributed by atoms with Gasteiger partial charge in [0.05, 0.1) is 0 Å². The summed E-state index contributed by atoms with van der Waals surface area (Å²) in [6.45, 7) is 1.78. The van der Waals surface area contributed by atoms with E-state index in [-0.39, 0.29) is 5.95 Å². The first kappa shape index (κ1) is 10.00. The zero-order valence-corrected chi connectivity index (χ0v) is 9.49. The lowest BCUT2D eigenvalue weighted by molar-refractivity contribution is 0.460. The van der Waals surface area contributed by atoms with Crippen molar-refractivity contribution in [3.8, 4) is 0 Å². The molecular weight excluding hydrogens is 205 g/mol. The first-order valence-electron chi connectivity index (χ1n) is 6.03. The Morgan fingerprint density at radius 2 is 1.88 bits per heavy atom. The lowest BCUT2D eigenvalue weighted by Crippen LogP contribution is -2.40. The molecule has 16 heavy (non-hydrogen) atoms. The minimum Gasteiger partial charge on any atom is -0.350 e. The van der Waals surface area contributed by atoms with Crippen LogP contribution >= 0.6 is 0 Å². The predicted molar refractivity (Wildman–Crippen MR) is 59.9 cm³/mol. The second kappa shape index (κ2) is 3.68. The van der Waals surface area contributed by atoms with E-state index in [0.717, 1.165) is 5.82 Å². The summed E-state index contributed by atoms with van der Waals surface area (Å²) >= 11 is 0. The van der Waals surface area contributed by atoms with E-state index in [1.165, 1.54) is 38.4 Å². The molecule has 4 heteroatoms. The SMILES string of the molecule is Cc1c(F)ncnc1N1C2CCCC1CC2. The molecule has 2 atom stereocenters. The van der Waals surface area contributed by atoms with Gasteiger partial charge >= 0.3 is 0 Å². The largest absolute Gasteiger partial charge is 0.350 e. The van der Waals surface area contributed by atoms with E-state index in [1.807, 2.05) is 0 Å². The zero-order chi connectivity index (χ0) is 11.1. The molecule has 1 aromatic rings. The molecule has 2 unspecified atom stereocenters. The van der Waals surface area contributed by atoms with Crippen LogP contribution in [0.15, 0.2) is 6.33 Å². The van der Waals surface area contributed by atoms with Crippen molar-refractivity contribution in [1.82, 2.24) is 9.97 Å². The number of aromatic nitrogens is 2. The molecule has 2 aliphatic rings. The van der Waals surface area contributed by atoms with Crippen molar-refractivity contribution >= 4 is 5.82 Å². The van der Waals surface area contributed by atoms with Crippen molar-refractivity contribution in [2.75, 3.05) is 4.90 Å². The Bertz CT molecular complexity index is 391. The molecule has 0 saturated carbocycles. The highest BCUT2D eigenvalue weighted by Crippen LogP contribution is 2.39. The van der Waals surface area contributed by atoms with Gasteiger partial charge in [0.15, 0.2) is 0 Å². The van der Waals surface area contributed by atoms with Crippen LogP contribution in [0.25, 0.3) is 0 Å². The summed E-state index contributed by atoms with van der Waals surface area (Å²) < 4.78 is 13.4. The van der Waals surface area contributed by atoms with Crippen LogP contribution in [0.4, 0.5) is 10.2 Å². The van der Waals surface area contributed by atoms with Crippen molar-refractivity contribution in [3.63, 3.8) is 0 Å². The van der Waals surface area contributed by atoms with Gasteiger partial charge < -0.3 is 4.90 Å². The normalized spacial score (nSPS) is 28.5. The smallest absolute Gasteiger partial charge is 0.220 e. The highest BCUT2D eigenvalue weighted by atomic mass is 19.1. The fourth-order valence-electron chi connectivity index (χ4n) is 3.14. The van der Waals surface area contributed by atoms with Crippen LogP contribution < -0.4 is 4.90 Å². The molecule has 2 bridgehead atoms. The molecule has 3 rings (SSSR count). The first-order chi connectivity index (χ1) is 7.77. The molecule has 1 aromatic heterocycles. The third kappa shape index (κ3) is 1.39. The van der Waals surface area contributed by atoms with E-state index >= 15 is 0 Å². The summed E-state index contributed by atoms with van der Waals surface area (Å²) in [6.07, 6.45) is 7.55. The molecule has 2 fully saturated rings. The maximum absolute atomic E-state index is 13.4. The van der Waals surface area contributed by atoms with E-state index < -0.39 is 0 Å². The zero-order valence-electron chi connectivity index (χ0n) is 9.49. The second-order valence-corrected chi connectivity index (χ2v) is 4.84. The number of nitrogens with zero attached hydrogens (tertiary/aromatic N) is 3. The van der Waals surface area contributed by atoms with Crippen LogP contribution in [-0.4, -0.2) is 22.1 Å². The maximum Gasteiger partial charge on any atom is 0.220 e. The summed E-state index contributed by atoms with van der Waals surface area (Å²) in [7, 11) is 0. The third-order valence-electron chi connectivity index (χ3n) is 3.94. The molecule has 86 valence electrons. The van der Waals surface area contributed by atoms with Gasteiger partial charge in [-0.2, -0.15) is 4.39 Å². The lowest BCUT2D eigenvalue weighted by Gasteiger charge is -2.36. The van der Waals surface area contributed by atoms with Crippen molar-refractivity contribution in [2.45, 2.75) is 51.1 Å². The number of piperidine rings is 1. The van der Waals surface area contributed by atoms with Gasteiger partial charge in [-0.05, 0) is 39.0 Å². The molecule has 3 heterocycles. The average molecular weight is 221 g/mol. The molecule has 0 spiro atoms. The van der Waals surface area contributed by atoms with Crippen LogP contribution in [-0.2, 0) is 0 Å². The van der Waals surface area contributed by atoms with E-state index in [0.29, 0.717) is 17.6 Å². The Balaban J connectivity index is 2.00. The van der Waals surface area contributed by atoms with Crippen molar-refractivity contribution < 1.29 is 4.39 Å². The summed E-state index contributed by atoms with van der Waals surface area (Å²) in [5.74, 6) is 0.440. The highest BCUT2D eigenvalue weighted by Gasteiger charge is 2.38. The summed E-state index contributed by atoms with van der Waals surface area (Å²) in [4.78, 5) is 10.2. The Morgan fingerprint density at radius 1 is 1.19 bits per heavy atom. The fraction of sp³-hybridized carbons (Fsp3) is 0.667. The maximum atomic E-state index is 13.4. The van der Waals surface area contributed by atoms with Crippen LogP contribution in [0.2, 0.25) is 0 Å². The van der Waals surface area contributed by atoms with Gasteiger partial charge in [0, 0.05) is 17.6 Å². The minimum atomic E-state index is -0.380. The monoisotopic (exact) mass is 221 g/mol. The molecule has 2 aliphatic heterocycles. The van der Waals surface area contributed by atoms with Crippen molar-refractivity contribution in [3.05, 3.63) is 17.8 Å². The van der Waals surface area contributed by atoms with Crippen LogP contribution in [0, 0.1) is 12.9 Å². The van der Waals surface area contributed by atoms with Gasteiger partial charge in [-0.3, -0.25) is 0 Å². The number of hydrogen-bond donors (Lipinski definition) is 0. The predicted octanol–water partition coefficient (Wildman–Crippen LogP) is 2.45. The van der Waals surface area contributed by atoms with Crippen LogP contribution in [0.5, 0.6) is 0 Å². The Labute approximate surface area is 94.7 Å². The van der Waals surface area contributed by atoms with Gasteiger partial charge in [0.25, 0.3) is 0 Å². The molecule has 2 saturated heterocycles. The number of anilines is 1. The summed E-state index contributed by atoms with van der Waals surface area (Å²) in [5.41, 5.74) is 0.598. The molecule has 0 aromatic carbocycles. The lowest BCUT2D eigenvalue weighted by atomic mass is 10.0. The summed E-state index contributed by atoms with van der Waals surface area (Å²) in [5, 5.41) is 0. The van der Waals surface area contributed by atoms with E-state index in [1.54, 1.807) is 6.92 Å². The van der Waals surface area contributed by atoms with E-state index in [9.17, 15) is 4.39 Å². The number of fused-ring (bicyclic) bond motifs is 2. The Morgan fingerprint density at radius 3 is 2.56 bits per heavy atom. The fourth-order valence-corrected chi connectivity index (χ4v) is 3.14. The van der Waals surface area contributed by atoms with E-state index in [4.69, 9.17) is 0 Å². The van der Waals surface area contributed by atoms with Crippen molar-refractivity contribution in [2.24, 2.45) is 0 Å². The Hall–Kier alpha value is -1.19. The van der Waals surface area contributed by atoms with Gasteiger partial charge in [0.2, 0.25) is 5.95 Å². The molecular formula is C12H16FN3. The molecule has 0 aliphatic carbocycles. The summed E-state index contributed by atoms with van der Waals surface area (Å²) in [6, 6.07) is 1.15. The standard InChI is InChI=1S/C12H16FN3/c1-8-11(13)14-7-15-12(8)16-9-3-2-4-10(16)6-5-9/h7,9-10H,2-6H2,1H3.